The Morgan fingerprint density at radius 1 is 1.24 bits per heavy atom. The van der Waals surface area contributed by atoms with Crippen LogP contribution in [0.3, 0.4) is 0 Å². The molecule has 1 aliphatic rings. The van der Waals surface area contributed by atoms with E-state index in [1.54, 1.807) is 6.20 Å². The smallest absolute Gasteiger partial charge is 0.0767 e. The van der Waals surface area contributed by atoms with Crippen molar-refractivity contribution in [1.29, 1.82) is 0 Å². The Hall–Kier alpha value is -0.900. The minimum absolute atomic E-state index is 0.0353. The summed E-state index contributed by atoms with van der Waals surface area (Å²) in [6, 6.07) is 3.91. The fraction of sp³-hybridized carbons (Fsp3) is 0.615. The summed E-state index contributed by atoms with van der Waals surface area (Å²) < 4.78 is 16.9. The highest BCUT2D eigenvalue weighted by Crippen LogP contribution is 2.23. The summed E-state index contributed by atoms with van der Waals surface area (Å²) in [7, 11) is -2.17. The normalized spacial score (nSPS) is 25.4. The number of hydrogen-bond acceptors (Lipinski definition) is 3. The van der Waals surface area contributed by atoms with Gasteiger partial charge in [0.15, 0.2) is 0 Å². The second-order valence-electron chi connectivity index (χ2n) is 5.53. The third-order valence-electron chi connectivity index (χ3n) is 3.00. The zero-order valence-corrected chi connectivity index (χ0v) is 11.6. The van der Waals surface area contributed by atoms with E-state index >= 15 is 0 Å². The lowest BCUT2D eigenvalue weighted by molar-refractivity contribution is 0.567. The van der Waals surface area contributed by atoms with Crippen molar-refractivity contribution >= 4 is 9.73 Å². The minimum Gasteiger partial charge on any atom is -0.259 e. The van der Waals surface area contributed by atoms with Crippen LogP contribution in [0, 0.1) is 0 Å². The molecule has 0 spiro atoms. The van der Waals surface area contributed by atoms with Crippen molar-refractivity contribution in [1.82, 2.24) is 4.98 Å². The monoisotopic (exact) mass is 252 g/mol. The van der Waals surface area contributed by atoms with E-state index in [4.69, 9.17) is 0 Å². The Bertz CT molecular complexity index is 505. The first-order chi connectivity index (χ1) is 7.92. The zero-order valence-electron chi connectivity index (χ0n) is 10.8. The van der Waals surface area contributed by atoms with E-state index in [9.17, 15) is 4.21 Å². The molecule has 0 amide bonds. The van der Waals surface area contributed by atoms with Crippen LogP contribution in [-0.4, -0.2) is 21.5 Å². The SMILES string of the molecule is CC(C)(C)c1ccc([S@]2(=O)=NCCCC2)cn1. The second kappa shape index (κ2) is 4.41. The molecular weight excluding hydrogens is 232 g/mol. The lowest BCUT2D eigenvalue weighted by Crippen LogP contribution is -2.16. The van der Waals surface area contributed by atoms with Crippen LogP contribution in [0.4, 0.5) is 0 Å². The number of hydrogen-bond donors (Lipinski definition) is 0. The number of aromatic nitrogens is 1. The van der Waals surface area contributed by atoms with Crippen LogP contribution < -0.4 is 0 Å². The molecule has 1 aliphatic heterocycles. The van der Waals surface area contributed by atoms with Crippen molar-refractivity contribution in [2.24, 2.45) is 4.36 Å². The van der Waals surface area contributed by atoms with E-state index in [0.717, 1.165) is 30.0 Å². The Labute approximate surface area is 104 Å². The van der Waals surface area contributed by atoms with Crippen LogP contribution >= 0.6 is 0 Å². The first-order valence-electron chi connectivity index (χ1n) is 6.09. The van der Waals surface area contributed by atoms with E-state index in [2.05, 4.69) is 30.1 Å². The van der Waals surface area contributed by atoms with Gasteiger partial charge >= 0.3 is 0 Å². The van der Waals surface area contributed by atoms with Gasteiger partial charge in [-0.25, -0.2) is 8.57 Å². The lowest BCUT2D eigenvalue weighted by atomic mass is 9.92. The highest BCUT2D eigenvalue weighted by atomic mass is 32.2. The zero-order chi connectivity index (χ0) is 12.5. The molecule has 94 valence electrons. The van der Waals surface area contributed by atoms with Crippen molar-refractivity contribution in [3.05, 3.63) is 24.0 Å². The predicted molar refractivity (Wildman–Crippen MR) is 70.7 cm³/mol. The first-order valence-corrected chi connectivity index (χ1v) is 7.77. The van der Waals surface area contributed by atoms with Crippen molar-refractivity contribution in [2.75, 3.05) is 12.3 Å². The molecule has 0 radical (unpaired) electrons. The first kappa shape index (κ1) is 12.6. The van der Waals surface area contributed by atoms with Gasteiger partial charge in [-0.2, -0.15) is 0 Å². The molecule has 2 rings (SSSR count). The molecule has 3 nitrogen and oxygen atoms in total. The van der Waals surface area contributed by atoms with E-state index in [0.29, 0.717) is 5.75 Å². The average Bonchev–Trinajstić information content (AvgIpc) is 2.29. The van der Waals surface area contributed by atoms with Crippen LogP contribution in [0.25, 0.3) is 0 Å². The van der Waals surface area contributed by atoms with Crippen molar-refractivity contribution < 1.29 is 4.21 Å². The van der Waals surface area contributed by atoms with Gasteiger partial charge < -0.3 is 0 Å². The molecule has 0 unspecified atom stereocenters. The maximum atomic E-state index is 12.6. The van der Waals surface area contributed by atoms with Gasteiger partial charge in [0.2, 0.25) is 0 Å². The molecule has 0 aromatic carbocycles. The van der Waals surface area contributed by atoms with Crippen LogP contribution in [0.5, 0.6) is 0 Å². The van der Waals surface area contributed by atoms with Gasteiger partial charge in [0.1, 0.15) is 0 Å². The summed E-state index contributed by atoms with van der Waals surface area (Å²) in [5.74, 6) is 0.684. The van der Waals surface area contributed by atoms with E-state index in [1.807, 2.05) is 12.1 Å². The summed E-state index contributed by atoms with van der Waals surface area (Å²) in [4.78, 5) is 5.23. The Morgan fingerprint density at radius 3 is 2.47 bits per heavy atom. The topological polar surface area (TPSA) is 42.3 Å². The Kier molecular flexibility index (Phi) is 3.25. The lowest BCUT2D eigenvalue weighted by Gasteiger charge is -2.19. The molecule has 0 saturated heterocycles. The molecule has 17 heavy (non-hydrogen) atoms. The van der Waals surface area contributed by atoms with Gasteiger partial charge in [-0.3, -0.25) is 4.98 Å². The molecule has 1 aromatic heterocycles. The van der Waals surface area contributed by atoms with E-state index in [-0.39, 0.29) is 5.41 Å². The quantitative estimate of drug-likeness (QED) is 0.771. The summed E-state index contributed by atoms with van der Waals surface area (Å²) in [5.41, 5.74) is 1.06. The van der Waals surface area contributed by atoms with Gasteiger partial charge in [0, 0.05) is 29.6 Å². The molecule has 0 fully saturated rings. The molecule has 1 atom stereocenters. The minimum atomic E-state index is -2.17. The summed E-state index contributed by atoms with van der Waals surface area (Å²) in [6.45, 7) is 7.10. The Morgan fingerprint density at radius 2 is 2.00 bits per heavy atom. The van der Waals surface area contributed by atoms with Gasteiger partial charge in [-0.15, -0.1) is 0 Å². The molecule has 0 bridgehead atoms. The van der Waals surface area contributed by atoms with Crippen LogP contribution in [0.2, 0.25) is 0 Å². The third-order valence-corrected chi connectivity index (χ3v) is 5.42. The Balaban J connectivity index is 2.36. The molecule has 1 aromatic rings. The molecule has 2 heterocycles. The summed E-state index contributed by atoms with van der Waals surface area (Å²) in [6.07, 6.45) is 3.81. The molecule has 0 saturated carbocycles. The van der Waals surface area contributed by atoms with Gasteiger partial charge in [0.05, 0.1) is 14.6 Å². The third kappa shape index (κ3) is 2.68. The highest BCUT2D eigenvalue weighted by molar-refractivity contribution is 7.93. The molecular formula is C13H20N2OS. The summed E-state index contributed by atoms with van der Waals surface area (Å²) >= 11 is 0. The number of nitrogens with zero attached hydrogens (tertiary/aromatic N) is 2. The standard InChI is InChI=1S/C13H20N2OS/c1-13(2,3)12-7-6-11(10-14-12)17(16)9-5-4-8-15-17/h6-7,10H,4-5,8-9H2,1-3H3/t17-/m0/s1. The molecule has 0 aliphatic carbocycles. The molecule has 4 heteroatoms. The molecule has 0 N–H and O–H groups in total. The fourth-order valence-corrected chi connectivity index (χ4v) is 3.92. The summed E-state index contributed by atoms with van der Waals surface area (Å²) in [5, 5.41) is 0. The van der Waals surface area contributed by atoms with Gasteiger partial charge in [-0.05, 0) is 25.0 Å². The average molecular weight is 252 g/mol. The van der Waals surface area contributed by atoms with Crippen LogP contribution in [-0.2, 0) is 15.1 Å². The van der Waals surface area contributed by atoms with Crippen molar-refractivity contribution in [2.45, 2.75) is 43.9 Å². The number of pyridine rings is 1. The maximum Gasteiger partial charge on any atom is 0.0767 e. The van der Waals surface area contributed by atoms with Gasteiger partial charge in [0.25, 0.3) is 0 Å². The van der Waals surface area contributed by atoms with Crippen LogP contribution in [0.1, 0.15) is 39.3 Å². The highest BCUT2D eigenvalue weighted by Gasteiger charge is 2.19. The second-order valence-corrected chi connectivity index (χ2v) is 7.95. The number of rotatable bonds is 1. The maximum absolute atomic E-state index is 12.6. The van der Waals surface area contributed by atoms with E-state index < -0.39 is 9.73 Å². The largest absolute Gasteiger partial charge is 0.259 e. The predicted octanol–water partition coefficient (Wildman–Crippen LogP) is 3.00. The van der Waals surface area contributed by atoms with Gasteiger partial charge in [-0.1, -0.05) is 20.8 Å². The van der Waals surface area contributed by atoms with Crippen molar-refractivity contribution in [3.63, 3.8) is 0 Å². The van der Waals surface area contributed by atoms with E-state index in [1.165, 1.54) is 0 Å². The van der Waals surface area contributed by atoms with Crippen LogP contribution in [0.15, 0.2) is 27.6 Å². The fourth-order valence-electron chi connectivity index (χ4n) is 1.89. The van der Waals surface area contributed by atoms with Crippen molar-refractivity contribution in [3.8, 4) is 0 Å².